The third-order valence-electron chi connectivity index (χ3n) is 8.65. The summed E-state index contributed by atoms with van der Waals surface area (Å²) in [6, 6.07) is 6.02. The van der Waals surface area contributed by atoms with E-state index in [-0.39, 0.29) is 5.97 Å². The number of nitrogens with zero attached hydrogens (tertiary/aromatic N) is 2. The van der Waals surface area contributed by atoms with Gasteiger partial charge in [0.1, 0.15) is 5.75 Å². The quantitative estimate of drug-likeness (QED) is 0.424. The minimum atomic E-state index is -4.17. The first-order valence-electron chi connectivity index (χ1n) is 13.9. The molecule has 10 heteroatoms. The maximum atomic E-state index is 13.3. The maximum absolute atomic E-state index is 13.3. The van der Waals surface area contributed by atoms with Crippen molar-refractivity contribution < 1.29 is 27.5 Å². The Morgan fingerprint density at radius 3 is 2.58 bits per heavy atom. The molecule has 1 saturated carbocycles. The molecule has 1 aliphatic heterocycles. The molecule has 0 radical (unpaired) electrons. The second-order valence-electron chi connectivity index (χ2n) is 11.4. The number of nitrogens with one attached hydrogen (secondary N) is 1. The van der Waals surface area contributed by atoms with Crippen LogP contribution in [-0.2, 0) is 37.5 Å². The van der Waals surface area contributed by atoms with Gasteiger partial charge >= 0.3 is 16.2 Å². The largest absolute Gasteiger partial charge is 0.497 e. The van der Waals surface area contributed by atoms with E-state index in [1.54, 1.807) is 7.11 Å². The predicted molar refractivity (Wildman–Crippen MR) is 154 cm³/mol. The standard InChI is InChI=1S/C30H37N3O6S/c1-30(29(35)39-4)17-21-15-22(38-3)13-14-23(21)27-26(19-9-6-5-7-10-19)24-12-8-11-20(16-25(24)33(27)18-30)28(34)32-40(36,37)31-2/h12-16,19-20H,2,5-11,17-18H2,1,3-4H3,(H,32,34). The van der Waals surface area contributed by atoms with Crippen molar-refractivity contribution in [3.63, 3.8) is 0 Å². The summed E-state index contributed by atoms with van der Waals surface area (Å²) < 4.78 is 42.1. The SMILES string of the molecule is C=NS(=O)(=O)NC(=O)C1C=c2c(c(C3CCCCC3)c3n2CC(C)(C(=O)OC)Cc2cc(OC)ccc2-3)=CCC1. The Labute approximate surface area is 235 Å². The van der Waals surface area contributed by atoms with Crippen molar-refractivity contribution in [2.75, 3.05) is 14.2 Å². The average Bonchev–Trinajstić information content (AvgIpc) is 3.07. The van der Waals surface area contributed by atoms with Crippen LogP contribution in [0.2, 0.25) is 0 Å². The fraction of sp³-hybridized carbons (Fsp3) is 0.500. The molecule has 0 bridgehead atoms. The monoisotopic (exact) mass is 567 g/mol. The zero-order valence-corrected chi connectivity index (χ0v) is 24.2. The molecule has 1 N–H and O–H groups in total. The van der Waals surface area contributed by atoms with E-state index < -0.39 is 27.4 Å². The lowest BCUT2D eigenvalue weighted by molar-refractivity contribution is -0.152. The lowest BCUT2D eigenvalue weighted by Gasteiger charge is -2.26. The van der Waals surface area contributed by atoms with Gasteiger partial charge < -0.3 is 14.0 Å². The molecule has 3 aliphatic rings. The summed E-state index contributed by atoms with van der Waals surface area (Å²) in [5, 5.41) is 1.92. The highest BCUT2D eigenvalue weighted by Crippen LogP contribution is 2.43. The molecule has 0 saturated heterocycles. The number of amides is 1. The number of hydrogen-bond acceptors (Lipinski definition) is 6. The van der Waals surface area contributed by atoms with Gasteiger partial charge in [0.2, 0.25) is 5.91 Å². The summed E-state index contributed by atoms with van der Waals surface area (Å²) in [5.41, 5.74) is 3.49. The van der Waals surface area contributed by atoms with Crippen LogP contribution < -0.4 is 20.0 Å². The molecule has 2 aromatic rings. The van der Waals surface area contributed by atoms with Gasteiger partial charge in [-0.3, -0.25) is 9.59 Å². The number of ether oxygens (including phenoxy) is 2. The summed E-state index contributed by atoms with van der Waals surface area (Å²) >= 11 is 0. The molecule has 2 atom stereocenters. The van der Waals surface area contributed by atoms with Crippen LogP contribution in [0.1, 0.15) is 68.9 Å². The summed E-state index contributed by atoms with van der Waals surface area (Å²) in [7, 11) is -1.13. The molecule has 214 valence electrons. The van der Waals surface area contributed by atoms with E-state index in [2.05, 4.69) is 27.8 Å². The molecule has 2 unspecified atom stereocenters. The number of fused-ring (bicyclic) bond motifs is 5. The molecule has 2 aliphatic carbocycles. The summed E-state index contributed by atoms with van der Waals surface area (Å²) in [4.78, 5) is 26.4. The number of carbonyl (C=O) groups is 2. The van der Waals surface area contributed by atoms with Crippen LogP contribution in [0.5, 0.6) is 5.75 Å². The van der Waals surface area contributed by atoms with Crippen molar-refractivity contribution in [3.8, 4) is 17.0 Å². The Balaban J connectivity index is 1.82. The number of hydrogen-bond donors (Lipinski definition) is 1. The van der Waals surface area contributed by atoms with E-state index in [4.69, 9.17) is 9.47 Å². The second kappa shape index (κ2) is 10.9. The van der Waals surface area contributed by atoms with Gasteiger partial charge in [-0.05, 0) is 85.6 Å². The Kier molecular flexibility index (Phi) is 7.65. The van der Waals surface area contributed by atoms with Crippen LogP contribution in [0.15, 0.2) is 22.6 Å². The zero-order chi connectivity index (χ0) is 28.7. The highest BCUT2D eigenvalue weighted by molar-refractivity contribution is 7.88. The van der Waals surface area contributed by atoms with Gasteiger partial charge in [-0.1, -0.05) is 25.3 Å². The van der Waals surface area contributed by atoms with E-state index in [9.17, 15) is 18.0 Å². The molecule has 1 amide bonds. The molecule has 9 nitrogen and oxygen atoms in total. The van der Waals surface area contributed by atoms with Crippen molar-refractivity contribution in [2.45, 2.75) is 70.8 Å². The first-order valence-corrected chi connectivity index (χ1v) is 15.3. The smallest absolute Gasteiger partial charge is 0.343 e. The van der Waals surface area contributed by atoms with Crippen LogP contribution in [0.25, 0.3) is 23.4 Å². The second-order valence-corrected chi connectivity index (χ2v) is 12.8. The van der Waals surface area contributed by atoms with Crippen molar-refractivity contribution in [1.29, 1.82) is 0 Å². The fourth-order valence-corrected chi connectivity index (χ4v) is 7.21. The van der Waals surface area contributed by atoms with E-state index >= 15 is 0 Å². The Morgan fingerprint density at radius 1 is 1.15 bits per heavy atom. The molecule has 1 fully saturated rings. The molecule has 5 rings (SSSR count). The summed E-state index contributed by atoms with van der Waals surface area (Å²) in [6.07, 6.45) is 11.2. The van der Waals surface area contributed by atoms with Crippen LogP contribution >= 0.6 is 0 Å². The van der Waals surface area contributed by atoms with Crippen molar-refractivity contribution in [3.05, 3.63) is 39.9 Å². The Morgan fingerprint density at radius 2 is 1.90 bits per heavy atom. The predicted octanol–water partition coefficient (Wildman–Crippen LogP) is 2.98. The Hall–Kier alpha value is -3.40. The molecule has 1 aromatic heterocycles. The van der Waals surface area contributed by atoms with Crippen LogP contribution in [-0.4, -0.2) is 45.8 Å². The first-order chi connectivity index (χ1) is 19.1. The number of benzene rings is 1. The minimum Gasteiger partial charge on any atom is -0.497 e. The summed E-state index contributed by atoms with van der Waals surface area (Å²) in [5.74, 6) is -0.589. The van der Waals surface area contributed by atoms with Crippen LogP contribution in [0.3, 0.4) is 0 Å². The van der Waals surface area contributed by atoms with Gasteiger partial charge in [0.25, 0.3) is 0 Å². The minimum absolute atomic E-state index is 0.314. The molecular formula is C30H37N3O6S. The van der Waals surface area contributed by atoms with Gasteiger partial charge in [0, 0.05) is 24.2 Å². The Bertz CT molecular complexity index is 1590. The van der Waals surface area contributed by atoms with Crippen molar-refractivity contribution in [2.24, 2.45) is 15.7 Å². The third-order valence-corrected chi connectivity index (χ3v) is 9.45. The van der Waals surface area contributed by atoms with E-state index in [1.165, 1.54) is 19.1 Å². The first kappa shape index (κ1) is 28.1. The number of esters is 1. The maximum Gasteiger partial charge on any atom is 0.343 e. The fourth-order valence-electron chi connectivity index (χ4n) is 6.74. The van der Waals surface area contributed by atoms with Crippen LogP contribution in [0, 0.1) is 11.3 Å². The van der Waals surface area contributed by atoms with E-state index in [0.717, 1.165) is 58.8 Å². The number of carbonyl (C=O) groups excluding carboxylic acids is 2. The number of methoxy groups -OCH3 is 2. The number of rotatable bonds is 6. The van der Waals surface area contributed by atoms with Gasteiger partial charge in [0.15, 0.2) is 0 Å². The van der Waals surface area contributed by atoms with Gasteiger partial charge in [-0.25, -0.2) is 4.72 Å². The van der Waals surface area contributed by atoms with Gasteiger partial charge in [-0.2, -0.15) is 12.8 Å². The number of aromatic nitrogens is 1. The third kappa shape index (κ3) is 5.09. The van der Waals surface area contributed by atoms with E-state index in [1.807, 2.05) is 29.9 Å². The molecular weight excluding hydrogens is 530 g/mol. The van der Waals surface area contributed by atoms with Gasteiger partial charge in [0.05, 0.1) is 31.2 Å². The lowest BCUT2D eigenvalue weighted by atomic mass is 9.80. The highest BCUT2D eigenvalue weighted by Gasteiger charge is 2.41. The molecule has 2 heterocycles. The van der Waals surface area contributed by atoms with Crippen molar-refractivity contribution >= 4 is 41.0 Å². The lowest BCUT2D eigenvalue weighted by Crippen LogP contribution is -2.41. The highest BCUT2D eigenvalue weighted by atomic mass is 32.2. The van der Waals surface area contributed by atoms with Crippen molar-refractivity contribution in [1.82, 2.24) is 9.29 Å². The normalized spacial score (nSPS) is 22.6. The van der Waals surface area contributed by atoms with Gasteiger partial charge in [-0.15, -0.1) is 0 Å². The average molecular weight is 568 g/mol. The molecule has 40 heavy (non-hydrogen) atoms. The zero-order valence-electron chi connectivity index (χ0n) is 23.4. The summed E-state index contributed by atoms with van der Waals surface area (Å²) in [6.45, 7) is 5.32. The molecule has 1 aromatic carbocycles. The molecule has 0 spiro atoms. The van der Waals surface area contributed by atoms with Crippen LogP contribution in [0.4, 0.5) is 0 Å². The topological polar surface area (TPSA) is 116 Å². The van der Waals surface area contributed by atoms with E-state index in [0.29, 0.717) is 31.7 Å².